The van der Waals surface area contributed by atoms with Crippen molar-refractivity contribution < 1.29 is 4.79 Å². The van der Waals surface area contributed by atoms with E-state index in [1.807, 2.05) is 17.8 Å². The summed E-state index contributed by atoms with van der Waals surface area (Å²) in [5.74, 6) is 0.490. The molecule has 0 radical (unpaired) electrons. The molecule has 0 aliphatic carbocycles. The Labute approximate surface area is 150 Å². The van der Waals surface area contributed by atoms with Crippen LogP contribution in [0, 0.1) is 19.8 Å². The number of aryl methyl sites for hydroxylation is 3. The number of rotatable bonds is 6. The van der Waals surface area contributed by atoms with Gasteiger partial charge in [-0.05, 0) is 44.2 Å². The topological polar surface area (TPSA) is 50.2 Å². The summed E-state index contributed by atoms with van der Waals surface area (Å²) in [7, 11) is 0. The van der Waals surface area contributed by atoms with Crippen molar-refractivity contribution in [1.29, 1.82) is 0 Å². The Balaban J connectivity index is 1.54. The molecule has 3 rings (SSSR count). The number of para-hydroxylation sites is 1. The number of nitrogens with one attached hydrogen (secondary N) is 1. The third-order valence-corrected chi connectivity index (χ3v) is 4.94. The van der Waals surface area contributed by atoms with Crippen LogP contribution in [0.4, 0.5) is 5.69 Å². The van der Waals surface area contributed by atoms with Gasteiger partial charge >= 0.3 is 0 Å². The predicted octanol–water partition coefficient (Wildman–Crippen LogP) is 3.17. The van der Waals surface area contributed by atoms with Crippen molar-refractivity contribution in [2.45, 2.75) is 40.2 Å². The van der Waals surface area contributed by atoms with E-state index in [1.54, 1.807) is 0 Å². The minimum Gasteiger partial charge on any atom is -0.371 e. The van der Waals surface area contributed by atoms with Crippen molar-refractivity contribution in [2.75, 3.05) is 24.5 Å². The van der Waals surface area contributed by atoms with E-state index in [2.05, 4.69) is 53.4 Å². The molecule has 0 unspecified atom stereocenters. The van der Waals surface area contributed by atoms with Gasteiger partial charge in [0.2, 0.25) is 0 Å². The molecule has 1 saturated heterocycles. The Morgan fingerprint density at radius 1 is 1.32 bits per heavy atom. The van der Waals surface area contributed by atoms with Gasteiger partial charge in [-0.3, -0.25) is 9.48 Å². The molecule has 0 bridgehead atoms. The Morgan fingerprint density at radius 3 is 2.88 bits per heavy atom. The lowest BCUT2D eigenvalue weighted by Crippen LogP contribution is -2.31. The van der Waals surface area contributed by atoms with Gasteiger partial charge in [-0.15, -0.1) is 0 Å². The molecule has 1 fully saturated rings. The molecule has 2 aromatic rings. The summed E-state index contributed by atoms with van der Waals surface area (Å²) in [5.41, 5.74) is 4.13. The molecular weight excluding hydrogens is 312 g/mol. The first-order chi connectivity index (χ1) is 12.1. The molecule has 134 valence electrons. The zero-order valence-electron chi connectivity index (χ0n) is 15.5. The van der Waals surface area contributed by atoms with Gasteiger partial charge in [-0.2, -0.15) is 5.10 Å². The maximum absolute atomic E-state index is 12.5. The number of benzene rings is 1. The lowest BCUT2D eigenvalue weighted by Gasteiger charge is -2.21. The Morgan fingerprint density at radius 2 is 2.12 bits per heavy atom. The Kier molecular flexibility index (Phi) is 5.41. The van der Waals surface area contributed by atoms with Gasteiger partial charge in [-0.25, -0.2) is 0 Å². The summed E-state index contributed by atoms with van der Waals surface area (Å²) in [5, 5.41) is 7.52. The second kappa shape index (κ2) is 7.72. The largest absolute Gasteiger partial charge is 0.371 e. The smallest absolute Gasteiger partial charge is 0.254 e. The first-order valence-corrected chi connectivity index (χ1v) is 9.21. The van der Waals surface area contributed by atoms with Crippen LogP contribution in [0.15, 0.2) is 30.5 Å². The van der Waals surface area contributed by atoms with E-state index in [4.69, 9.17) is 0 Å². The molecule has 1 amide bonds. The maximum Gasteiger partial charge on any atom is 0.254 e. The molecule has 1 atom stereocenters. The fourth-order valence-electron chi connectivity index (χ4n) is 3.55. The van der Waals surface area contributed by atoms with Crippen LogP contribution >= 0.6 is 0 Å². The van der Waals surface area contributed by atoms with Crippen LogP contribution in [-0.4, -0.2) is 35.3 Å². The molecule has 5 nitrogen and oxygen atoms in total. The molecule has 25 heavy (non-hydrogen) atoms. The zero-order chi connectivity index (χ0) is 17.8. The summed E-state index contributed by atoms with van der Waals surface area (Å²) in [6, 6.07) is 8.50. The van der Waals surface area contributed by atoms with E-state index in [9.17, 15) is 4.79 Å². The molecule has 1 N–H and O–H groups in total. The number of anilines is 1. The molecule has 2 heterocycles. The molecule has 1 aliphatic rings. The highest BCUT2D eigenvalue weighted by Crippen LogP contribution is 2.26. The lowest BCUT2D eigenvalue weighted by molar-refractivity contribution is 0.0947. The molecule has 1 aromatic carbocycles. The van der Waals surface area contributed by atoms with E-state index in [-0.39, 0.29) is 5.91 Å². The van der Waals surface area contributed by atoms with E-state index in [1.165, 1.54) is 11.3 Å². The van der Waals surface area contributed by atoms with Crippen LogP contribution in [0.25, 0.3) is 0 Å². The van der Waals surface area contributed by atoms with Gasteiger partial charge in [-0.1, -0.05) is 25.1 Å². The molecule has 0 saturated carbocycles. The second-order valence-electron chi connectivity index (χ2n) is 6.99. The van der Waals surface area contributed by atoms with Gasteiger partial charge in [0, 0.05) is 38.1 Å². The standard InChI is InChI=1S/C20H28N4O/c1-4-10-24-14-18(16(3)22-24)20(25)21-12-17-9-11-23(13-17)19-8-6-5-7-15(19)2/h5-8,14,17H,4,9-13H2,1-3H3,(H,21,25)/t17-/m0/s1. The van der Waals surface area contributed by atoms with E-state index >= 15 is 0 Å². The predicted molar refractivity (Wildman–Crippen MR) is 101 cm³/mol. The van der Waals surface area contributed by atoms with Gasteiger partial charge in [0.25, 0.3) is 5.91 Å². The van der Waals surface area contributed by atoms with Crippen LogP contribution in [0.1, 0.15) is 41.4 Å². The molecule has 1 aromatic heterocycles. The molecule has 5 heteroatoms. The van der Waals surface area contributed by atoms with Crippen molar-refractivity contribution in [3.8, 4) is 0 Å². The summed E-state index contributed by atoms with van der Waals surface area (Å²) >= 11 is 0. The van der Waals surface area contributed by atoms with Crippen molar-refractivity contribution in [3.05, 3.63) is 47.3 Å². The Bertz CT molecular complexity index is 737. The molecular formula is C20H28N4O. The van der Waals surface area contributed by atoms with Crippen LogP contribution in [0.2, 0.25) is 0 Å². The van der Waals surface area contributed by atoms with Gasteiger partial charge < -0.3 is 10.2 Å². The van der Waals surface area contributed by atoms with Gasteiger partial charge in [0.15, 0.2) is 0 Å². The van der Waals surface area contributed by atoms with Crippen LogP contribution in [0.5, 0.6) is 0 Å². The normalized spacial score (nSPS) is 17.1. The number of carbonyl (C=O) groups excluding carboxylic acids is 1. The van der Waals surface area contributed by atoms with Crippen LogP contribution in [-0.2, 0) is 6.54 Å². The van der Waals surface area contributed by atoms with Gasteiger partial charge in [0.05, 0.1) is 11.3 Å². The monoisotopic (exact) mass is 340 g/mol. The average molecular weight is 340 g/mol. The third kappa shape index (κ3) is 4.03. The molecule has 0 spiro atoms. The highest BCUT2D eigenvalue weighted by molar-refractivity contribution is 5.95. The van der Waals surface area contributed by atoms with Crippen molar-refractivity contribution in [2.24, 2.45) is 5.92 Å². The summed E-state index contributed by atoms with van der Waals surface area (Å²) in [6.07, 6.45) is 3.99. The number of nitrogens with zero attached hydrogens (tertiary/aromatic N) is 3. The number of hydrogen-bond acceptors (Lipinski definition) is 3. The van der Waals surface area contributed by atoms with Crippen molar-refractivity contribution in [3.63, 3.8) is 0 Å². The van der Waals surface area contributed by atoms with Gasteiger partial charge in [0.1, 0.15) is 0 Å². The van der Waals surface area contributed by atoms with E-state index in [0.717, 1.165) is 44.7 Å². The number of amides is 1. The summed E-state index contributed by atoms with van der Waals surface area (Å²) < 4.78 is 1.86. The summed E-state index contributed by atoms with van der Waals surface area (Å²) in [4.78, 5) is 14.9. The highest BCUT2D eigenvalue weighted by atomic mass is 16.1. The zero-order valence-corrected chi connectivity index (χ0v) is 15.5. The minimum atomic E-state index is -0.00538. The highest BCUT2D eigenvalue weighted by Gasteiger charge is 2.24. The van der Waals surface area contributed by atoms with Crippen molar-refractivity contribution in [1.82, 2.24) is 15.1 Å². The number of hydrogen-bond donors (Lipinski definition) is 1. The van der Waals surface area contributed by atoms with Crippen LogP contribution < -0.4 is 10.2 Å². The minimum absolute atomic E-state index is 0.00538. The van der Waals surface area contributed by atoms with Crippen molar-refractivity contribution >= 4 is 11.6 Å². The van der Waals surface area contributed by atoms with Crippen LogP contribution in [0.3, 0.4) is 0 Å². The van der Waals surface area contributed by atoms with E-state index < -0.39 is 0 Å². The first-order valence-electron chi connectivity index (χ1n) is 9.21. The first kappa shape index (κ1) is 17.5. The number of carbonyl (C=O) groups is 1. The third-order valence-electron chi connectivity index (χ3n) is 4.94. The quantitative estimate of drug-likeness (QED) is 0.879. The lowest BCUT2D eigenvalue weighted by atomic mass is 10.1. The summed E-state index contributed by atoms with van der Waals surface area (Å²) in [6.45, 7) is 9.79. The fourth-order valence-corrected chi connectivity index (χ4v) is 3.55. The Hall–Kier alpha value is -2.30. The van der Waals surface area contributed by atoms with E-state index in [0.29, 0.717) is 11.5 Å². The SMILES string of the molecule is CCCn1cc(C(=O)NC[C@@H]2CCN(c3ccccc3C)C2)c(C)n1. The average Bonchev–Trinajstić information content (AvgIpc) is 3.20. The maximum atomic E-state index is 12.5. The fraction of sp³-hybridized carbons (Fsp3) is 0.500. The second-order valence-corrected chi connectivity index (χ2v) is 6.99. The molecule has 1 aliphatic heterocycles. The number of aromatic nitrogens is 2.